The highest BCUT2D eigenvalue weighted by atomic mass is 32.2. The smallest absolute Gasteiger partial charge is 0.155 e. The number of fused-ring (bicyclic) bond motifs is 1. The number of aryl methyl sites for hydroxylation is 1. The summed E-state index contributed by atoms with van der Waals surface area (Å²) in [6.07, 6.45) is 7.23. The first-order chi connectivity index (χ1) is 14.1. The van der Waals surface area contributed by atoms with Crippen molar-refractivity contribution in [1.82, 2.24) is 24.4 Å². The number of rotatable bonds is 6. The van der Waals surface area contributed by atoms with Gasteiger partial charge in [0.1, 0.15) is 11.1 Å². The Morgan fingerprint density at radius 2 is 2.17 bits per heavy atom. The Bertz CT molecular complexity index is 1230. The number of aromatic nitrogens is 5. The van der Waals surface area contributed by atoms with Gasteiger partial charge in [-0.15, -0.1) is 0 Å². The van der Waals surface area contributed by atoms with Crippen LogP contribution in [0, 0.1) is 24.1 Å². The Morgan fingerprint density at radius 1 is 1.31 bits per heavy atom. The van der Waals surface area contributed by atoms with E-state index in [2.05, 4.69) is 21.3 Å². The van der Waals surface area contributed by atoms with E-state index in [1.54, 1.807) is 10.7 Å². The van der Waals surface area contributed by atoms with Crippen molar-refractivity contribution in [3.8, 4) is 17.2 Å². The first-order valence-electron chi connectivity index (χ1n) is 8.96. The maximum absolute atomic E-state index is 14.2. The number of nitriles is 1. The summed E-state index contributed by atoms with van der Waals surface area (Å²) in [6.45, 7) is 2.67. The maximum atomic E-state index is 14.2. The van der Waals surface area contributed by atoms with Gasteiger partial charge in [0.25, 0.3) is 0 Å². The molecule has 4 aromatic rings. The zero-order chi connectivity index (χ0) is 20.4. The summed E-state index contributed by atoms with van der Waals surface area (Å²) in [6, 6.07) is 6.93. The van der Waals surface area contributed by atoms with Gasteiger partial charge in [-0.2, -0.15) is 15.5 Å². The third kappa shape index (κ3) is 3.60. The summed E-state index contributed by atoms with van der Waals surface area (Å²) < 4.78 is 17.7. The van der Waals surface area contributed by atoms with Crippen LogP contribution in [0.4, 0.5) is 4.39 Å². The largest absolute Gasteiger partial charge is 0.396 e. The fourth-order valence-electron chi connectivity index (χ4n) is 3.12. The zero-order valence-corrected chi connectivity index (χ0v) is 16.4. The summed E-state index contributed by atoms with van der Waals surface area (Å²) in [5.74, 6) is -0.424. The zero-order valence-electron chi connectivity index (χ0n) is 15.6. The van der Waals surface area contributed by atoms with E-state index in [4.69, 9.17) is 5.11 Å². The SMILES string of the molecule is Cc1c(-c2cc(Sc3ncccc3F)c3c(C#N)cnn3c2)cnn1CCCO. The number of halogens is 1. The molecule has 0 saturated carbocycles. The van der Waals surface area contributed by atoms with Gasteiger partial charge in [0.15, 0.2) is 5.82 Å². The molecule has 0 unspecified atom stereocenters. The van der Waals surface area contributed by atoms with Crippen LogP contribution in [0.2, 0.25) is 0 Å². The van der Waals surface area contributed by atoms with Gasteiger partial charge >= 0.3 is 0 Å². The average molecular weight is 408 g/mol. The van der Waals surface area contributed by atoms with Gasteiger partial charge in [-0.05, 0) is 31.5 Å². The Hall–Kier alpha value is -3.22. The first-order valence-corrected chi connectivity index (χ1v) is 9.77. The molecule has 0 aliphatic heterocycles. The monoisotopic (exact) mass is 408 g/mol. The van der Waals surface area contributed by atoms with Gasteiger partial charge in [0.05, 0.1) is 23.5 Å². The van der Waals surface area contributed by atoms with Gasteiger partial charge in [0.2, 0.25) is 0 Å². The molecular formula is C20H17FN6OS. The lowest BCUT2D eigenvalue weighted by atomic mass is 10.1. The van der Waals surface area contributed by atoms with Gasteiger partial charge in [-0.3, -0.25) is 4.68 Å². The van der Waals surface area contributed by atoms with Crippen LogP contribution in [0.3, 0.4) is 0 Å². The molecule has 146 valence electrons. The number of nitrogens with zero attached hydrogens (tertiary/aromatic N) is 6. The summed E-state index contributed by atoms with van der Waals surface area (Å²) in [5.41, 5.74) is 3.71. The van der Waals surface area contributed by atoms with Crippen LogP contribution in [0.5, 0.6) is 0 Å². The molecule has 0 aliphatic rings. The predicted octanol–water partition coefficient (Wildman–Crippen LogP) is 3.45. The molecule has 0 fully saturated rings. The van der Waals surface area contributed by atoms with E-state index >= 15 is 0 Å². The standard InChI is InChI=1S/C20H17FN6OS/c1-13-16(11-25-26(13)6-3-7-28)14-8-18(29-20-17(21)4-2-5-23-20)19-15(9-22)10-24-27(19)12-14/h2,4-5,8,10-12,28H,3,6-7H2,1H3. The summed E-state index contributed by atoms with van der Waals surface area (Å²) in [5, 5.41) is 27.4. The number of aliphatic hydroxyl groups is 1. The van der Waals surface area contributed by atoms with E-state index in [-0.39, 0.29) is 11.6 Å². The number of hydrogen-bond donors (Lipinski definition) is 1. The molecule has 0 bridgehead atoms. The molecule has 0 spiro atoms. The third-order valence-electron chi connectivity index (χ3n) is 4.57. The number of aliphatic hydroxyl groups excluding tert-OH is 1. The van der Waals surface area contributed by atoms with Crippen LogP contribution in [-0.4, -0.2) is 36.1 Å². The maximum Gasteiger partial charge on any atom is 0.155 e. The van der Waals surface area contributed by atoms with Gasteiger partial charge in [0, 0.05) is 47.3 Å². The average Bonchev–Trinajstić information content (AvgIpc) is 3.31. The van der Waals surface area contributed by atoms with Crippen molar-refractivity contribution in [3.63, 3.8) is 0 Å². The topological polar surface area (TPSA) is 92.0 Å². The molecule has 0 amide bonds. The Balaban J connectivity index is 1.84. The van der Waals surface area contributed by atoms with E-state index in [0.717, 1.165) is 28.6 Å². The number of hydrogen-bond acceptors (Lipinski definition) is 6. The normalized spacial score (nSPS) is 11.1. The molecule has 7 nitrogen and oxygen atoms in total. The van der Waals surface area contributed by atoms with E-state index in [9.17, 15) is 9.65 Å². The highest BCUT2D eigenvalue weighted by Gasteiger charge is 2.17. The molecule has 0 atom stereocenters. The van der Waals surface area contributed by atoms with E-state index < -0.39 is 5.82 Å². The number of pyridine rings is 2. The van der Waals surface area contributed by atoms with Crippen LogP contribution in [-0.2, 0) is 6.54 Å². The van der Waals surface area contributed by atoms with E-state index in [1.807, 2.05) is 23.9 Å². The second-order valence-corrected chi connectivity index (χ2v) is 7.42. The van der Waals surface area contributed by atoms with Crippen LogP contribution >= 0.6 is 11.8 Å². The molecule has 29 heavy (non-hydrogen) atoms. The van der Waals surface area contributed by atoms with Crippen LogP contribution in [0.25, 0.3) is 16.6 Å². The minimum absolute atomic E-state index is 0.0985. The van der Waals surface area contributed by atoms with Crippen molar-refractivity contribution in [2.75, 3.05) is 6.61 Å². The van der Waals surface area contributed by atoms with E-state index in [1.165, 1.54) is 24.5 Å². The second-order valence-electron chi connectivity index (χ2n) is 6.39. The first kappa shape index (κ1) is 19.1. The minimum Gasteiger partial charge on any atom is -0.396 e. The van der Waals surface area contributed by atoms with Crippen LogP contribution in [0.1, 0.15) is 17.7 Å². The van der Waals surface area contributed by atoms with Crippen molar-refractivity contribution in [3.05, 3.63) is 60.1 Å². The lowest BCUT2D eigenvalue weighted by molar-refractivity contribution is 0.276. The van der Waals surface area contributed by atoms with Gasteiger partial charge < -0.3 is 5.11 Å². The lowest BCUT2D eigenvalue weighted by Crippen LogP contribution is -2.04. The molecule has 4 rings (SSSR count). The summed E-state index contributed by atoms with van der Waals surface area (Å²) in [4.78, 5) is 4.79. The van der Waals surface area contributed by atoms with Gasteiger partial charge in [-0.25, -0.2) is 13.9 Å². The fourth-order valence-corrected chi connectivity index (χ4v) is 4.09. The Morgan fingerprint density at radius 3 is 2.93 bits per heavy atom. The summed E-state index contributed by atoms with van der Waals surface area (Å²) in [7, 11) is 0. The minimum atomic E-state index is -0.424. The van der Waals surface area contributed by atoms with E-state index in [0.29, 0.717) is 28.9 Å². The molecule has 4 aromatic heterocycles. The van der Waals surface area contributed by atoms with Crippen molar-refractivity contribution < 1.29 is 9.50 Å². The highest BCUT2D eigenvalue weighted by molar-refractivity contribution is 7.99. The predicted molar refractivity (Wildman–Crippen MR) is 106 cm³/mol. The molecule has 0 saturated heterocycles. The lowest BCUT2D eigenvalue weighted by Gasteiger charge is -2.09. The van der Waals surface area contributed by atoms with Crippen LogP contribution in [0.15, 0.2) is 52.9 Å². The molecule has 0 aliphatic carbocycles. The Kier molecular flexibility index (Phi) is 5.29. The van der Waals surface area contributed by atoms with Crippen molar-refractivity contribution in [2.45, 2.75) is 29.8 Å². The van der Waals surface area contributed by atoms with Gasteiger partial charge in [-0.1, -0.05) is 11.8 Å². The highest BCUT2D eigenvalue weighted by Crippen LogP contribution is 2.36. The quantitative estimate of drug-likeness (QED) is 0.525. The van der Waals surface area contributed by atoms with Crippen molar-refractivity contribution in [1.29, 1.82) is 5.26 Å². The summed E-state index contributed by atoms with van der Waals surface area (Å²) >= 11 is 1.15. The fraction of sp³-hybridized carbons (Fsp3) is 0.200. The molecule has 4 heterocycles. The second kappa shape index (κ2) is 8.03. The van der Waals surface area contributed by atoms with Crippen LogP contribution < -0.4 is 0 Å². The molecular weight excluding hydrogens is 391 g/mol. The van der Waals surface area contributed by atoms with Crippen molar-refractivity contribution in [2.24, 2.45) is 0 Å². The Labute approximate surface area is 170 Å². The molecule has 9 heteroatoms. The third-order valence-corrected chi connectivity index (χ3v) is 5.60. The van der Waals surface area contributed by atoms with Crippen molar-refractivity contribution >= 4 is 17.3 Å². The molecule has 1 N–H and O–H groups in total. The molecule has 0 aromatic carbocycles. The molecule has 0 radical (unpaired) electrons.